The summed E-state index contributed by atoms with van der Waals surface area (Å²) >= 11 is 0. The second-order valence-corrected chi connectivity index (χ2v) is 5.48. The van der Waals surface area contributed by atoms with Gasteiger partial charge in [-0.1, -0.05) is 25.1 Å². The SMILES string of the molecule is CCC(NCc1cccc(C(=O)O)c1)C(O)c1c(F)cccc1F. The number of carboxylic acid groups (broad SMARTS) is 1. The van der Waals surface area contributed by atoms with Crippen LogP contribution in [0.4, 0.5) is 8.78 Å². The van der Waals surface area contributed by atoms with Crippen LogP contribution in [-0.2, 0) is 6.54 Å². The first-order valence-electron chi connectivity index (χ1n) is 7.61. The van der Waals surface area contributed by atoms with Crippen LogP contribution >= 0.6 is 0 Å². The third-order valence-corrected chi connectivity index (χ3v) is 3.86. The molecular formula is C18H19F2NO3. The van der Waals surface area contributed by atoms with Crippen molar-refractivity contribution < 1.29 is 23.8 Å². The standard InChI is InChI=1S/C18H19F2NO3/c1-2-15(17(22)16-13(19)7-4-8-14(16)20)21-10-11-5-3-6-12(9-11)18(23)24/h3-9,15,17,21-22H,2,10H2,1H3,(H,23,24). The van der Waals surface area contributed by atoms with Gasteiger partial charge in [0.2, 0.25) is 0 Å². The minimum absolute atomic E-state index is 0.156. The highest BCUT2D eigenvalue weighted by atomic mass is 19.1. The smallest absolute Gasteiger partial charge is 0.335 e. The summed E-state index contributed by atoms with van der Waals surface area (Å²) < 4.78 is 27.6. The monoisotopic (exact) mass is 335 g/mol. The minimum atomic E-state index is -1.35. The van der Waals surface area contributed by atoms with Gasteiger partial charge in [0.1, 0.15) is 11.6 Å². The molecule has 0 fully saturated rings. The van der Waals surface area contributed by atoms with Gasteiger partial charge in [-0.15, -0.1) is 0 Å². The molecule has 0 radical (unpaired) electrons. The van der Waals surface area contributed by atoms with Gasteiger partial charge >= 0.3 is 5.97 Å². The van der Waals surface area contributed by atoms with Crippen molar-refractivity contribution in [2.24, 2.45) is 0 Å². The Bertz CT molecular complexity index is 701. The molecule has 6 heteroatoms. The average Bonchev–Trinajstić information content (AvgIpc) is 2.55. The fourth-order valence-corrected chi connectivity index (χ4v) is 2.54. The molecule has 2 unspecified atom stereocenters. The van der Waals surface area contributed by atoms with Crippen molar-refractivity contribution in [1.29, 1.82) is 0 Å². The lowest BCUT2D eigenvalue weighted by molar-refractivity contribution is 0.0696. The first kappa shape index (κ1) is 18.0. The Kier molecular flexibility index (Phi) is 6.00. The third kappa shape index (κ3) is 4.15. The van der Waals surface area contributed by atoms with Crippen LogP contribution in [0.1, 0.15) is 40.9 Å². The second-order valence-electron chi connectivity index (χ2n) is 5.48. The second kappa shape index (κ2) is 7.99. The lowest BCUT2D eigenvalue weighted by atomic mass is 9.98. The molecule has 0 saturated heterocycles. The summed E-state index contributed by atoms with van der Waals surface area (Å²) in [6, 6.07) is 9.22. The first-order chi connectivity index (χ1) is 11.4. The molecule has 4 nitrogen and oxygen atoms in total. The van der Waals surface area contributed by atoms with E-state index < -0.39 is 29.7 Å². The Morgan fingerprint density at radius 3 is 2.38 bits per heavy atom. The number of aromatic carboxylic acids is 1. The van der Waals surface area contributed by atoms with Gasteiger partial charge in [-0.3, -0.25) is 0 Å². The molecule has 0 amide bonds. The van der Waals surface area contributed by atoms with E-state index in [4.69, 9.17) is 5.11 Å². The number of aliphatic hydroxyl groups excluding tert-OH is 1. The number of hydrogen-bond acceptors (Lipinski definition) is 3. The highest BCUT2D eigenvalue weighted by molar-refractivity contribution is 5.87. The highest BCUT2D eigenvalue weighted by Gasteiger charge is 2.25. The van der Waals surface area contributed by atoms with Gasteiger partial charge in [-0.2, -0.15) is 0 Å². The van der Waals surface area contributed by atoms with Crippen LogP contribution in [0.2, 0.25) is 0 Å². The predicted molar refractivity (Wildman–Crippen MR) is 85.6 cm³/mol. The molecule has 2 rings (SSSR count). The van der Waals surface area contributed by atoms with Gasteiger partial charge in [-0.25, -0.2) is 13.6 Å². The van der Waals surface area contributed by atoms with E-state index in [1.165, 1.54) is 18.2 Å². The molecule has 0 saturated carbocycles. The van der Waals surface area contributed by atoms with Gasteiger partial charge in [-0.05, 0) is 36.2 Å². The number of halogens is 2. The largest absolute Gasteiger partial charge is 0.478 e. The fourth-order valence-electron chi connectivity index (χ4n) is 2.54. The van der Waals surface area contributed by atoms with E-state index in [1.54, 1.807) is 19.1 Å². The Morgan fingerprint density at radius 2 is 1.79 bits per heavy atom. The lowest BCUT2D eigenvalue weighted by Gasteiger charge is -2.24. The Labute approximate surface area is 138 Å². The van der Waals surface area contributed by atoms with Crippen LogP contribution < -0.4 is 5.32 Å². The van der Waals surface area contributed by atoms with Gasteiger partial charge in [0.05, 0.1) is 17.2 Å². The van der Waals surface area contributed by atoms with Gasteiger partial charge < -0.3 is 15.5 Å². The molecule has 2 aromatic carbocycles. The predicted octanol–water partition coefficient (Wildman–Crippen LogP) is 3.26. The van der Waals surface area contributed by atoms with Crippen molar-refractivity contribution in [2.45, 2.75) is 32.0 Å². The summed E-state index contributed by atoms with van der Waals surface area (Å²) in [5.74, 6) is -2.62. The first-order valence-corrected chi connectivity index (χ1v) is 7.61. The minimum Gasteiger partial charge on any atom is -0.478 e. The van der Waals surface area contributed by atoms with Gasteiger partial charge in [0.15, 0.2) is 0 Å². The normalized spacial score (nSPS) is 13.5. The summed E-state index contributed by atoms with van der Waals surface area (Å²) in [5.41, 5.74) is 0.494. The maximum Gasteiger partial charge on any atom is 0.335 e. The maximum absolute atomic E-state index is 13.8. The van der Waals surface area contributed by atoms with E-state index >= 15 is 0 Å². The Morgan fingerprint density at radius 1 is 1.17 bits per heavy atom. The topological polar surface area (TPSA) is 69.6 Å². The van der Waals surface area contributed by atoms with Crippen molar-refractivity contribution in [2.75, 3.05) is 0 Å². The van der Waals surface area contributed by atoms with Crippen LogP contribution in [-0.4, -0.2) is 22.2 Å². The molecule has 0 aliphatic rings. The number of benzene rings is 2. The van der Waals surface area contributed by atoms with Crippen LogP contribution in [0.25, 0.3) is 0 Å². The molecule has 2 aromatic rings. The van der Waals surface area contributed by atoms with E-state index in [-0.39, 0.29) is 17.7 Å². The van der Waals surface area contributed by atoms with Crippen LogP contribution in [0.3, 0.4) is 0 Å². The van der Waals surface area contributed by atoms with E-state index in [0.29, 0.717) is 12.0 Å². The van der Waals surface area contributed by atoms with Crippen LogP contribution in [0.15, 0.2) is 42.5 Å². The van der Waals surface area contributed by atoms with E-state index in [9.17, 15) is 18.7 Å². The lowest BCUT2D eigenvalue weighted by Crippen LogP contribution is -2.35. The molecule has 0 aliphatic carbocycles. The zero-order valence-corrected chi connectivity index (χ0v) is 13.2. The number of hydrogen-bond donors (Lipinski definition) is 3. The molecule has 0 heterocycles. The molecule has 0 aromatic heterocycles. The van der Waals surface area contributed by atoms with Crippen molar-refractivity contribution in [3.63, 3.8) is 0 Å². The number of nitrogens with one attached hydrogen (secondary N) is 1. The summed E-state index contributed by atoms with van der Waals surface area (Å²) in [6.45, 7) is 2.06. The van der Waals surface area contributed by atoms with Crippen molar-refractivity contribution in [3.05, 3.63) is 70.8 Å². The summed E-state index contributed by atoms with van der Waals surface area (Å²) in [7, 11) is 0. The zero-order chi connectivity index (χ0) is 17.7. The van der Waals surface area contributed by atoms with E-state index in [2.05, 4.69) is 5.32 Å². The van der Waals surface area contributed by atoms with Crippen molar-refractivity contribution >= 4 is 5.97 Å². The van der Waals surface area contributed by atoms with Gasteiger partial charge in [0.25, 0.3) is 0 Å². The quantitative estimate of drug-likeness (QED) is 0.726. The molecule has 3 N–H and O–H groups in total. The molecule has 2 atom stereocenters. The van der Waals surface area contributed by atoms with Crippen LogP contribution in [0.5, 0.6) is 0 Å². The third-order valence-electron chi connectivity index (χ3n) is 3.86. The average molecular weight is 335 g/mol. The summed E-state index contributed by atoms with van der Waals surface area (Å²) in [5, 5.41) is 22.3. The highest BCUT2D eigenvalue weighted by Crippen LogP contribution is 2.25. The molecular weight excluding hydrogens is 316 g/mol. The molecule has 128 valence electrons. The van der Waals surface area contributed by atoms with Crippen molar-refractivity contribution in [3.8, 4) is 0 Å². The Hall–Kier alpha value is -2.31. The van der Waals surface area contributed by atoms with Crippen LogP contribution in [0, 0.1) is 11.6 Å². The fraction of sp³-hybridized carbons (Fsp3) is 0.278. The number of aliphatic hydroxyl groups is 1. The van der Waals surface area contributed by atoms with E-state index in [0.717, 1.165) is 12.1 Å². The molecule has 0 bridgehead atoms. The van der Waals surface area contributed by atoms with E-state index in [1.807, 2.05) is 0 Å². The summed E-state index contributed by atoms with van der Waals surface area (Å²) in [6.07, 6.45) is -0.910. The molecule has 0 aliphatic heterocycles. The number of rotatable bonds is 7. The molecule has 24 heavy (non-hydrogen) atoms. The number of carboxylic acids is 1. The zero-order valence-electron chi connectivity index (χ0n) is 13.2. The number of carbonyl (C=O) groups is 1. The molecule has 0 spiro atoms. The summed E-state index contributed by atoms with van der Waals surface area (Å²) in [4.78, 5) is 11.0. The van der Waals surface area contributed by atoms with Gasteiger partial charge in [0, 0.05) is 12.6 Å². The Balaban J connectivity index is 2.12. The maximum atomic E-state index is 13.8. The van der Waals surface area contributed by atoms with Crippen molar-refractivity contribution in [1.82, 2.24) is 5.32 Å².